The largest absolute Gasteiger partial charge is 0.274 e. The summed E-state index contributed by atoms with van der Waals surface area (Å²) >= 11 is 1.82. The molecule has 94 valence electrons. The molecule has 0 unspecified atom stereocenters. The van der Waals surface area contributed by atoms with Crippen LogP contribution >= 0.6 is 11.8 Å². The van der Waals surface area contributed by atoms with Gasteiger partial charge in [-0.05, 0) is 26.0 Å². The Kier molecular flexibility index (Phi) is 3.61. The number of amides is 2. The van der Waals surface area contributed by atoms with E-state index in [1.54, 1.807) is 6.92 Å². The number of rotatable bonds is 3. The highest BCUT2D eigenvalue weighted by Crippen LogP contribution is 2.39. The van der Waals surface area contributed by atoms with E-state index in [2.05, 4.69) is 6.26 Å². The summed E-state index contributed by atoms with van der Waals surface area (Å²) in [6.07, 6.45) is 9.48. The van der Waals surface area contributed by atoms with Gasteiger partial charge in [-0.1, -0.05) is 19.3 Å². The van der Waals surface area contributed by atoms with Gasteiger partial charge in [0.15, 0.2) is 0 Å². The molecule has 17 heavy (non-hydrogen) atoms. The third-order valence-corrected chi connectivity index (χ3v) is 5.24. The minimum atomic E-state index is -0.133. The van der Waals surface area contributed by atoms with Crippen LogP contribution in [0.3, 0.4) is 0 Å². The van der Waals surface area contributed by atoms with Gasteiger partial charge in [0.25, 0.3) is 11.8 Å². The third kappa shape index (κ3) is 2.41. The molecule has 1 fully saturated rings. The Morgan fingerprint density at radius 3 is 2.41 bits per heavy atom. The topological polar surface area (TPSA) is 37.4 Å². The standard InChI is InChI=1S/C13H19NO2S/c1-10-8-11(15)14(12(10)16)9-13(17-2)6-4-3-5-7-13/h8H,3-7,9H2,1-2H3. The molecule has 0 aromatic carbocycles. The molecule has 3 nitrogen and oxygen atoms in total. The van der Waals surface area contributed by atoms with Crippen molar-refractivity contribution in [3.8, 4) is 0 Å². The van der Waals surface area contributed by atoms with Crippen LogP contribution in [0.5, 0.6) is 0 Å². The van der Waals surface area contributed by atoms with Crippen molar-refractivity contribution < 1.29 is 9.59 Å². The fourth-order valence-electron chi connectivity index (χ4n) is 2.70. The Hall–Kier alpha value is -0.770. The Labute approximate surface area is 107 Å². The Morgan fingerprint density at radius 2 is 1.94 bits per heavy atom. The summed E-state index contributed by atoms with van der Waals surface area (Å²) in [7, 11) is 0. The lowest BCUT2D eigenvalue weighted by molar-refractivity contribution is -0.137. The summed E-state index contributed by atoms with van der Waals surface area (Å²) < 4.78 is 0.0992. The number of thioether (sulfide) groups is 1. The summed E-state index contributed by atoms with van der Waals surface area (Å²) in [4.78, 5) is 25.0. The van der Waals surface area contributed by atoms with Gasteiger partial charge in [-0.25, -0.2) is 0 Å². The first-order chi connectivity index (χ1) is 8.08. The first kappa shape index (κ1) is 12.7. The highest BCUT2D eigenvalue weighted by molar-refractivity contribution is 8.00. The van der Waals surface area contributed by atoms with Crippen LogP contribution < -0.4 is 0 Å². The summed E-state index contributed by atoms with van der Waals surface area (Å²) in [5, 5.41) is 0. The van der Waals surface area contributed by atoms with Crippen molar-refractivity contribution in [2.75, 3.05) is 12.8 Å². The average Bonchev–Trinajstić information content (AvgIpc) is 2.57. The van der Waals surface area contributed by atoms with Crippen molar-refractivity contribution in [1.82, 2.24) is 4.90 Å². The van der Waals surface area contributed by atoms with E-state index in [0.717, 1.165) is 12.8 Å². The molecule has 0 bridgehead atoms. The predicted octanol–water partition coefficient (Wildman–Crippen LogP) is 2.37. The summed E-state index contributed by atoms with van der Waals surface area (Å²) in [6, 6.07) is 0. The second kappa shape index (κ2) is 4.84. The van der Waals surface area contributed by atoms with Crippen LogP contribution in [0.1, 0.15) is 39.0 Å². The van der Waals surface area contributed by atoms with Crippen molar-refractivity contribution in [1.29, 1.82) is 0 Å². The summed E-state index contributed by atoms with van der Waals surface area (Å²) in [5.41, 5.74) is 0.571. The van der Waals surface area contributed by atoms with Crippen LogP contribution in [0, 0.1) is 0 Å². The van der Waals surface area contributed by atoms with E-state index in [-0.39, 0.29) is 16.6 Å². The van der Waals surface area contributed by atoms with E-state index in [1.807, 2.05) is 11.8 Å². The number of carbonyl (C=O) groups is 2. The molecule has 1 heterocycles. The van der Waals surface area contributed by atoms with Crippen molar-refractivity contribution in [3.63, 3.8) is 0 Å². The van der Waals surface area contributed by atoms with Crippen molar-refractivity contribution in [3.05, 3.63) is 11.6 Å². The molecule has 0 atom stereocenters. The molecular weight excluding hydrogens is 234 g/mol. The van der Waals surface area contributed by atoms with Crippen molar-refractivity contribution in [2.45, 2.75) is 43.8 Å². The molecule has 0 aromatic heterocycles. The number of hydrogen-bond acceptors (Lipinski definition) is 3. The molecule has 0 N–H and O–H groups in total. The Balaban J connectivity index is 2.09. The molecule has 0 saturated heterocycles. The molecule has 2 aliphatic rings. The first-order valence-corrected chi connectivity index (χ1v) is 7.40. The SMILES string of the molecule is CSC1(CN2C(=O)C=C(C)C2=O)CCCCC1. The van der Waals surface area contributed by atoms with Gasteiger partial charge < -0.3 is 0 Å². The maximum Gasteiger partial charge on any atom is 0.256 e. The van der Waals surface area contributed by atoms with Gasteiger partial charge in [-0.2, -0.15) is 11.8 Å². The molecule has 1 aliphatic heterocycles. The van der Waals surface area contributed by atoms with Crippen LogP contribution in [0.4, 0.5) is 0 Å². The van der Waals surface area contributed by atoms with Crippen LogP contribution in [-0.2, 0) is 9.59 Å². The zero-order chi connectivity index (χ0) is 12.5. The van der Waals surface area contributed by atoms with Crippen molar-refractivity contribution in [2.24, 2.45) is 0 Å². The fraction of sp³-hybridized carbons (Fsp3) is 0.692. The van der Waals surface area contributed by atoms with Crippen LogP contribution in [0.15, 0.2) is 11.6 Å². The number of imide groups is 1. The molecular formula is C13H19NO2S. The van der Waals surface area contributed by atoms with Crippen LogP contribution in [0.2, 0.25) is 0 Å². The van der Waals surface area contributed by atoms with E-state index in [0.29, 0.717) is 12.1 Å². The highest BCUT2D eigenvalue weighted by atomic mass is 32.2. The molecule has 4 heteroatoms. The van der Waals surface area contributed by atoms with Crippen molar-refractivity contribution >= 4 is 23.6 Å². The fourth-order valence-corrected chi connectivity index (χ4v) is 3.65. The normalized spacial score (nSPS) is 24.1. The summed E-state index contributed by atoms with van der Waals surface area (Å²) in [6.45, 7) is 2.30. The molecule has 2 amide bonds. The molecule has 0 aromatic rings. The minimum Gasteiger partial charge on any atom is -0.274 e. The van der Waals surface area contributed by atoms with E-state index in [1.165, 1.54) is 30.2 Å². The average molecular weight is 253 g/mol. The Bertz CT molecular complexity index is 370. The van der Waals surface area contributed by atoms with Gasteiger partial charge in [0.2, 0.25) is 0 Å². The van der Waals surface area contributed by atoms with Gasteiger partial charge in [0.1, 0.15) is 0 Å². The Morgan fingerprint density at radius 1 is 1.29 bits per heavy atom. The first-order valence-electron chi connectivity index (χ1n) is 6.17. The van der Waals surface area contributed by atoms with E-state index < -0.39 is 0 Å². The predicted molar refractivity (Wildman–Crippen MR) is 69.8 cm³/mol. The lowest BCUT2D eigenvalue weighted by atomic mass is 9.88. The monoisotopic (exact) mass is 253 g/mol. The zero-order valence-electron chi connectivity index (χ0n) is 10.5. The number of hydrogen-bond donors (Lipinski definition) is 0. The molecule has 2 rings (SSSR count). The lowest BCUT2D eigenvalue weighted by Crippen LogP contribution is -2.45. The van der Waals surface area contributed by atoms with Gasteiger partial charge in [-0.3, -0.25) is 14.5 Å². The molecule has 0 radical (unpaired) electrons. The van der Waals surface area contributed by atoms with Crippen LogP contribution in [0.25, 0.3) is 0 Å². The third-order valence-electron chi connectivity index (χ3n) is 3.83. The van der Waals surface area contributed by atoms with E-state index in [4.69, 9.17) is 0 Å². The lowest BCUT2D eigenvalue weighted by Gasteiger charge is -2.38. The molecule has 1 aliphatic carbocycles. The van der Waals surface area contributed by atoms with E-state index >= 15 is 0 Å². The van der Waals surface area contributed by atoms with Crippen LogP contribution in [-0.4, -0.2) is 34.3 Å². The zero-order valence-corrected chi connectivity index (χ0v) is 11.3. The molecule has 0 spiro atoms. The van der Waals surface area contributed by atoms with Gasteiger partial charge >= 0.3 is 0 Å². The minimum absolute atomic E-state index is 0.0992. The number of nitrogens with zero attached hydrogens (tertiary/aromatic N) is 1. The quantitative estimate of drug-likeness (QED) is 0.725. The van der Waals surface area contributed by atoms with Gasteiger partial charge in [-0.15, -0.1) is 0 Å². The number of carbonyl (C=O) groups excluding carboxylic acids is 2. The maximum atomic E-state index is 11.9. The highest BCUT2D eigenvalue weighted by Gasteiger charge is 2.38. The van der Waals surface area contributed by atoms with E-state index in [9.17, 15) is 9.59 Å². The maximum absolute atomic E-state index is 11.9. The van der Waals surface area contributed by atoms with Gasteiger partial charge in [0.05, 0.1) is 0 Å². The smallest absolute Gasteiger partial charge is 0.256 e. The second-order valence-corrected chi connectivity index (χ2v) is 6.28. The second-order valence-electron chi connectivity index (χ2n) is 5.00. The summed E-state index contributed by atoms with van der Waals surface area (Å²) in [5.74, 6) is -0.236. The molecule has 1 saturated carbocycles. The van der Waals surface area contributed by atoms with Gasteiger partial charge in [0, 0.05) is 22.9 Å².